The minimum absolute atomic E-state index is 0.0156. The monoisotopic (exact) mass is 479 g/mol. The number of aromatic nitrogens is 1. The van der Waals surface area contributed by atoms with Gasteiger partial charge in [-0.1, -0.05) is 6.07 Å². The van der Waals surface area contributed by atoms with Gasteiger partial charge in [0, 0.05) is 29.8 Å². The molecule has 0 unspecified atom stereocenters. The summed E-state index contributed by atoms with van der Waals surface area (Å²) in [5.74, 6) is -2.08. The number of halogens is 3. The zero-order valence-corrected chi connectivity index (χ0v) is 18.3. The number of benzene rings is 1. The molecule has 0 saturated carbocycles. The molecule has 0 bridgehead atoms. The van der Waals surface area contributed by atoms with Gasteiger partial charge in [-0.3, -0.25) is 25.0 Å². The predicted molar refractivity (Wildman–Crippen MR) is 115 cm³/mol. The highest BCUT2D eigenvalue weighted by atomic mass is 19.4. The summed E-state index contributed by atoms with van der Waals surface area (Å²) >= 11 is 0. The van der Waals surface area contributed by atoms with Crippen LogP contribution in [0.4, 0.5) is 13.2 Å². The number of rotatable bonds is 9. The van der Waals surface area contributed by atoms with Crippen molar-refractivity contribution in [3.8, 4) is 11.8 Å². The summed E-state index contributed by atoms with van der Waals surface area (Å²) in [4.78, 5) is 40.0. The number of aromatic amines is 1. The molecule has 34 heavy (non-hydrogen) atoms. The lowest BCUT2D eigenvalue weighted by molar-refractivity contribution is -0.139. The Kier molecular flexibility index (Phi) is 7.78. The summed E-state index contributed by atoms with van der Waals surface area (Å²) in [7, 11) is 1.46. The van der Waals surface area contributed by atoms with Crippen LogP contribution in [0.5, 0.6) is 5.75 Å². The highest BCUT2D eigenvalue weighted by Crippen LogP contribution is 2.26. The fourth-order valence-electron chi connectivity index (χ4n) is 3.85. The van der Waals surface area contributed by atoms with Crippen LogP contribution in [0.2, 0.25) is 0 Å². The number of carbonyl (C=O) groups is 3. The number of alkyl halides is 3. The quantitative estimate of drug-likeness (QED) is 0.435. The first-order chi connectivity index (χ1) is 16.1. The zero-order valence-electron chi connectivity index (χ0n) is 18.3. The van der Waals surface area contributed by atoms with Gasteiger partial charge < -0.3 is 15.0 Å². The molecule has 3 atom stereocenters. The summed E-state index contributed by atoms with van der Waals surface area (Å²) < 4.78 is 43.7. The molecule has 2 aromatic rings. The first-order valence-electron chi connectivity index (χ1n) is 10.6. The minimum Gasteiger partial charge on any atom is -0.496 e. The number of hydrogen-bond acceptors (Lipinski definition) is 6. The van der Waals surface area contributed by atoms with Crippen LogP contribution in [-0.2, 0) is 9.59 Å². The molecule has 0 aliphatic carbocycles. The van der Waals surface area contributed by atoms with Crippen LogP contribution in [0.25, 0.3) is 10.9 Å². The molecule has 2 heterocycles. The highest BCUT2D eigenvalue weighted by Gasteiger charge is 2.34. The Morgan fingerprint density at radius 2 is 2.12 bits per heavy atom. The van der Waals surface area contributed by atoms with Crippen LogP contribution < -0.4 is 20.7 Å². The third kappa shape index (κ3) is 6.26. The second kappa shape index (κ2) is 10.6. The van der Waals surface area contributed by atoms with Crippen molar-refractivity contribution in [1.29, 1.82) is 5.26 Å². The molecular weight excluding hydrogens is 455 g/mol. The second-order valence-corrected chi connectivity index (χ2v) is 7.99. The van der Waals surface area contributed by atoms with Crippen LogP contribution in [0.1, 0.15) is 36.2 Å². The van der Waals surface area contributed by atoms with Gasteiger partial charge in [-0.15, -0.1) is 0 Å². The molecule has 1 aromatic heterocycles. The van der Waals surface area contributed by atoms with E-state index in [1.165, 1.54) is 13.2 Å². The van der Waals surface area contributed by atoms with Crippen LogP contribution in [0.15, 0.2) is 24.3 Å². The number of nitrogens with zero attached hydrogens (tertiary/aromatic N) is 1. The van der Waals surface area contributed by atoms with E-state index in [0.717, 1.165) is 0 Å². The van der Waals surface area contributed by atoms with E-state index in [-0.39, 0.29) is 18.0 Å². The number of nitriles is 1. The highest BCUT2D eigenvalue weighted by molar-refractivity contribution is 6.07. The van der Waals surface area contributed by atoms with Gasteiger partial charge in [0.1, 0.15) is 11.4 Å². The van der Waals surface area contributed by atoms with Gasteiger partial charge in [0.2, 0.25) is 11.8 Å². The Hall–Kier alpha value is -3.59. The van der Waals surface area contributed by atoms with Gasteiger partial charge in [-0.2, -0.15) is 18.4 Å². The molecule has 1 aliphatic heterocycles. The van der Waals surface area contributed by atoms with Crippen molar-refractivity contribution < 1.29 is 32.3 Å². The summed E-state index contributed by atoms with van der Waals surface area (Å²) in [6.07, 6.45) is -5.99. The van der Waals surface area contributed by atoms with Crippen molar-refractivity contribution >= 4 is 28.6 Å². The van der Waals surface area contributed by atoms with E-state index in [2.05, 4.69) is 20.9 Å². The maximum absolute atomic E-state index is 12.8. The van der Waals surface area contributed by atoms with Crippen molar-refractivity contribution in [2.45, 2.75) is 43.9 Å². The topological polar surface area (TPSA) is 136 Å². The van der Waals surface area contributed by atoms with Gasteiger partial charge >= 0.3 is 6.18 Å². The smallest absolute Gasteiger partial charge is 0.389 e. The van der Waals surface area contributed by atoms with E-state index >= 15 is 0 Å². The third-order valence-corrected chi connectivity index (χ3v) is 5.60. The van der Waals surface area contributed by atoms with E-state index in [9.17, 15) is 32.8 Å². The molecule has 4 N–H and O–H groups in total. The Morgan fingerprint density at radius 3 is 2.74 bits per heavy atom. The van der Waals surface area contributed by atoms with E-state index in [0.29, 0.717) is 29.6 Å². The first kappa shape index (κ1) is 25.0. The third-order valence-electron chi connectivity index (χ3n) is 5.60. The predicted octanol–water partition coefficient (Wildman–Crippen LogP) is 2.15. The van der Waals surface area contributed by atoms with Gasteiger partial charge in [0.15, 0.2) is 0 Å². The van der Waals surface area contributed by atoms with Crippen molar-refractivity contribution in [2.24, 2.45) is 5.92 Å². The van der Waals surface area contributed by atoms with E-state index < -0.39 is 48.8 Å². The number of carbonyl (C=O) groups excluding carboxylic acids is 3. The summed E-state index contributed by atoms with van der Waals surface area (Å²) in [6, 6.07) is 5.92. The van der Waals surface area contributed by atoms with Crippen molar-refractivity contribution in [3.63, 3.8) is 0 Å². The molecule has 0 radical (unpaired) electrons. The molecule has 3 rings (SSSR count). The van der Waals surface area contributed by atoms with Crippen LogP contribution in [0, 0.1) is 17.2 Å². The first-order valence-corrected chi connectivity index (χ1v) is 10.6. The number of nitrogens with one attached hydrogen (secondary N) is 4. The van der Waals surface area contributed by atoms with E-state index in [1.54, 1.807) is 18.2 Å². The van der Waals surface area contributed by atoms with Gasteiger partial charge in [0.05, 0.1) is 25.3 Å². The molecule has 182 valence electrons. The number of amides is 3. The Labute approximate surface area is 193 Å². The lowest BCUT2D eigenvalue weighted by Crippen LogP contribution is -2.50. The number of methoxy groups -OCH3 is 1. The molecule has 1 fully saturated rings. The number of imide groups is 1. The molecule has 1 saturated heterocycles. The SMILES string of the molecule is COc1cccc2[nH]c(C(=O)NC(=O)[C@H](CCC(F)(F)F)N[C@H](C#N)C[C@@H]3CCNC3=O)cc12. The molecule has 1 aromatic carbocycles. The lowest BCUT2D eigenvalue weighted by atomic mass is 9.98. The largest absolute Gasteiger partial charge is 0.496 e. The fraction of sp³-hybridized carbons (Fsp3) is 0.455. The number of fused-ring (bicyclic) bond motifs is 1. The van der Waals surface area contributed by atoms with E-state index in [1.807, 2.05) is 6.07 Å². The van der Waals surface area contributed by atoms with Gasteiger partial charge in [-0.05, 0) is 37.5 Å². The fourth-order valence-corrected chi connectivity index (χ4v) is 3.85. The number of H-pyrrole nitrogens is 1. The summed E-state index contributed by atoms with van der Waals surface area (Å²) in [5.41, 5.74) is 0.588. The summed E-state index contributed by atoms with van der Waals surface area (Å²) in [5, 5.41) is 17.3. The summed E-state index contributed by atoms with van der Waals surface area (Å²) in [6.45, 7) is 0.448. The van der Waals surface area contributed by atoms with Gasteiger partial charge in [-0.25, -0.2) is 0 Å². The van der Waals surface area contributed by atoms with Crippen molar-refractivity contribution in [2.75, 3.05) is 13.7 Å². The molecule has 9 nitrogen and oxygen atoms in total. The average Bonchev–Trinajstić information content (AvgIpc) is 3.40. The standard InChI is InChI=1S/C22H24F3N5O4/c1-34-18-4-2-3-15-14(18)10-17(29-15)21(33)30-20(32)16(5-7-22(23,24)25)28-13(11-26)9-12-6-8-27-19(12)31/h2-4,10,12-13,16,28-29H,5-9H2,1H3,(H,27,31)(H,30,32,33)/t12-,13-,16-/m0/s1. The zero-order chi connectivity index (χ0) is 24.9. The minimum atomic E-state index is -4.54. The Bertz CT molecular complexity index is 1110. The normalized spacial score (nSPS) is 17.6. The van der Waals surface area contributed by atoms with Crippen molar-refractivity contribution in [3.05, 3.63) is 30.0 Å². The van der Waals surface area contributed by atoms with Crippen LogP contribution in [0.3, 0.4) is 0 Å². The van der Waals surface area contributed by atoms with Gasteiger partial charge in [0.25, 0.3) is 5.91 Å². The Balaban J connectivity index is 1.73. The van der Waals surface area contributed by atoms with Crippen LogP contribution in [-0.4, -0.2) is 54.6 Å². The van der Waals surface area contributed by atoms with Crippen LogP contribution >= 0.6 is 0 Å². The maximum Gasteiger partial charge on any atom is 0.389 e. The van der Waals surface area contributed by atoms with Crippen molar-refractivity contribution in [1.82, 2.24) is 20.9 Å². The Morgan fingerprint density at radius 1 is 1.35 bits per heavy atom. The molecule has 3 amide bonds. The number of hydrogen-bond donors (Lipinski definition) is 4. The second-order valence-electron chi connectivity index (χ2n) is 7.99. The molecule has 1 aliphatic rings. The van der Waals surface area contributed by atoms with E-state index in [4.69, 9.17) is 4.74 Å². The molecule has 12 heteroatoms. The molecular formula is C22H24F3N5O4. The average molecular weight is 479 g/mol. The lowest BCUT2D eigenvalue weighted by Gasteiger charge is -2.22. The number of ether oxygens (including phenoxy) is 1. The maximum atomic E-state index is 12.8. The molecule has 0 spiro atoms.